The second-order valence-electron chi connectivity index (χ2n) is 6.08. The highest BCUT2D eigenvalue weighted by Gasteiger charge is 2.19. The van der Waals surface area contributed by atoms with Gasteiger partial charge in [-0.3, -0.25) is 4.99 Å². The van der Waals surface area contributed by atoms with E-state index in [1.807, 2.05) is 38.1 Å². The molecule has 0 unspecified atom stereocenters. The van der Waals surface area contributed by atoms with Crippen molar-refractivity contribution >= 4 is 22.0 Å². The molecule has 0 heterocycles. The summed E-state index contributed by atoms with van der Waals surface area (Å²) in [4.78, 5) is 4.52. The molecule has 0 radical (unpaired) electrons. The number of benzene rings is 3. The number of aryl methyl sites for hydroxylation is 1. The summed E-state index contributed by atoms with van der Waals surface area (Å²) in [7, 11) is -3.94. The quantitative estimate of drug-likeness (QED) is 0.421. The van der Waals surface area contributed by atoms with E-state index < -0.39 is 10.1 Å². The molecule has 0 atom stereocenters. The molecule has 0 amide bonds. The van der Waals surface area contributed by atoms with Crippen LogP contribution in [0.15, 0.2) is 82.7 Å². The summed E-state index contributed by atoms with van der Waals surface area (Å²) in [5.41, 5.74) is 2.77. The van der Waals surface area contributed by atoms with Crippen molar-refractivity contribution in [3.8, 4) is 11.5 Å². The molecule has 0 fully saturated rings. The van der Waals surface area contributed by atoms with Crippen LogP contribution in [0.4, 0.5) is 5.69 Å². The Hall–Kier alpha value is -3.12. The third kappa shape index (κ3) is 4.98. The number of hydrogen-bond acceptors (Lipinski definition) is 5. The average molecular weight is 395 g/mol. The van der Waals surface area contributed by atoms with Crippen molar-refractivity contribution in [2.24, 2.45) is 4.99 Å². The summed E-state index contributed by atoms with van der Waals surface area (Å²) >= 11 is 0. The van der Waals surface area contributed by atoms with E-state index in [0.29, 0.717) is 12.4 Å². The van der Waals surface area contributed by atoms with Crippen molar-refractivity contribution in [2.75, 3.05) is 6.61 Å². The van der Waals surface area contributed by atoms with Crippen LogP contribution >= 0.6 is 0 Å². The molecule has 6 heteroatoms. The van der Waals surface area contributed by atoms with E-state index in [1.165, 1.54) is 17.7 Å². The first-order chi connectivity index (χ1) is 13.5. The Bertz CT molecular complexity index is 1060. The predicted octanol–water partition coefficient (Wildman–Crippen LogP) is 4.91. The first-order valence-corrected chi connectivity index (χ1v) is 10.3. The van der Waals surface area contributed by atoms with Gasteiger partial charge >= 0.3 is 10.1 Å². The molecule has 0 saturated heterocycles. The lowest BCUT2D eigenvalue weighted by molar-refractivity contribution is 0.327. The fraction of sp³-hybridized carbons (Fsp3) is 0.136. The Morgan fingerprint density at radius 1 is 0.929 bits per heavy atom. The van der Waals surface area contributed by atoms with Gasteiger partial charge in [-0.1, -0.05) is 35.9 Å². The zero-order valence-electron chi connectivity index (χ0n) is 15.7. The third-order valence-electron chi connectivity index (χ3n) is 3.90. The van der Waals surface area contributed by atoms with Crippen LogP contribution in [0.5, 0.6) is 11.5 Å². The molecule has 3 aromatic carbocycles. The maximum Gasteiger partial charge on any atom is 0.339 e. The molecule has 0 aliphatic carbocycles. The molecule has 3 aromatic rings. The fourth-order valence-electron chi connectivity index (χ4n) is 2.48. The van der Waals surface area contributed by atoms with Crippen molar-refractivity contribution in [2.45, 2.75) is 18.7 Å². The van der Waals surface area contributed by atoms with E-state index >= 15 is 0 Å². The largest absolute Gasteiger partial charge is 0.490 e. The summed E-state index contributed by atoms with van der Waals surface area (Å²) in [6, 6.07) is 20.8. The molecule has 0 bridgehead atoms. The number of ether oxygens (including phenoxy) is 1. The van der Waals surface area contributed by atoms with Crippen LogP contribution in [0.3, 0.4) is 0 Å². The van der Waals surface area contributed by atoms with Crippen molar-refractivity contribution in [1.82, 2.24) is 0 Å². The van der Waals surface area contributed by atoms with Gasteiger partial charge in [-0.05, 0) is 61.9 Å². The highest BCUT2D eigenvalue weighted by atomic mass is 32.2. The number of aliphatic imine (C=N–C) groups is 1. The normalized spacial score (nSPS) is 11.5. The van der Waals surface area contributed by atoms with Crippen molar-refractivity contribution in [1.29, 1.82) is 0 Å². The molecule has 0 saturated carbocycles. The predicted molar refractivity (Wildman–Crippen MR) is 110 cm³/mol. The van der Waals surface area contributed by atoms with Gasteiger partial charge in [-0.2, -0.15) is 8.42 Å². The summed E-state index contributed by atoms with van der Waals surface area (Å²) in [6.45, 7) is 4.22. The highest BCUT2D eigenvalue weighted by Crippen LogP contribution is 2.31. The fourth-order valence-corrected chi connectivity index (χ4v) is 3.44. The number of rotatable bonds is 7. The van der Waals surface area contributed by atoms with Crippen LogP contribution in [0.2, 0.25) is 0 Å². The molecule has 5 nitrogen and oxygen atoms in total. The number of hydrogen-bond donors (Lipinski definition) is 0. The lowest BCUT2D eigenvalue weighted by Crippen LogP contribution is -2.10. The van der Waals surface area contributed by atoms with Gasteiger partial charge in [0.1, 0.15) is 4.90 Å². The van der Waals surface area contributed by atoms with Crippen molar-refractivity contribution in [3.63, 3.8) is 0 Å². The maximum absolute atomic E-state index is 12.5. The summed E-state index contributed by atoms with van der Waals surface area (Å²) in [5, 5.41) is 0. The van der Waals surface area contributed by atoms with Crippen LogP contribution in [-0.4, -0.2) is 21.2 Å². The molecular formula is C22H21NO4S. The second kappa shape index (κ2) is 8.71. The minimum atomic E-state index is -3.94. The molecule has 0 N–H and O–H groups in total. The Kier molecular flexibility index (Phi) is 6.11. The van der Waals surface area contributed by atoms with Crippen LogP contribution < -0.4 is 8.92 Å². The standard InChI is InChI=1S/C22H21NO4S/c1-3-26-22-15-18(16-23-19-12-9-17(2)10-13-19)11-14-21(22)27-28(24,25)20-7-5-4-6-8-20/h4-16H,3H2,1-2H3. The Morgan fingerprint density at radius 3 is 2.32 bits per heavy atom. The summed E-state index contributed by atoms with van der Waals surface area (Å²) in [5.74, 6) is 0.480. The van der Waals surface area contributed by atoms with E-state index in [9.17, 15) is 8.42 Å². The van der Waals surface area contributed by atoms with E-state index in [-0.39, 0.29) is 10.6 Å². The lowest BCUT2D eigenvalue weighted by atomic mass is 10.2. The lowest BCUT2D eigenvalue weighted by Gasteiger charge is -2.12. The van der Waals surface area contributed by atoms with E-state index in [4.69, 9.17) is 8.92 Å². The first-order valence-electron chi connectivity index (χ1n) is 8.85. The van der Waals surface area contributed by atoms with Gasteiger partial charge in [0.15, 0.2) is 11.5 Å². The van der Waals surface area contributed by atoms with Crippen LogP contribution in [-0.2, 0) is 10.1 Å². The Balaban J connectivity index is 1.86. The van der Waals surface area contributed by atoms with Crippen LogP contribution in [0.1, 0.15) is 18.1 Å². The molecular weight excluding hydrogens is 374 g/mol. The van der Waals surface area contributed by atoms with E-state index in [2.05, 4.69) is 4.99 Å². The maximum atomic E-state index is 12.5. The van der Waals surface area contributed by atoms with Gasteiger partial charge in [0, 0.05) is 6.21 Å². The zero-order chi connectivity index (χ0) is 20.0. The smallest absolute Gasteiger partial charge is 0.339 e. The SMILES string of the molecule is CCOc1cc(C=Nc2ccc(C)cc2)ccc1OS(=O)(=O)c1ccccc1. The van der Waals surface area contributed by atoms with Gasteiger partial charge in [0.2, 0.25) is 0 Å². The zero-order valence-corrected chi connectivity index (χ0v) is 16.5. The van der Waals surface area contributed by atoms with Gasteiger partial charge in [-0.25, -0.2) is 0 Å². The van der Waals surface area contributed by atoms with Crippen molar-refractivity contribution in [3.05, 3.63) is 83.9 Å². The molecule has 0 aliphatic rings. The summed E-state index contributed by atoms with van der Waals surface area (Å²) < 4.78 is 35.8. The van der Waals surface area contributed by atoms with Gasteiger partial charge in [0.25, 0.3) is 0 Å². The Labute approximate surface area is 165 Å². The minimum Gasteiger partial charge on any atom is -0.490 e. The molecule has 144 valence electrons. The van der Waals surface area contributed by atoms with Crippen LogP contribution in [0, 0.1) is 6.92 Å². The molecule has 28 heavy (non-hydrogen) atoms. The second-order valence-corrected chi connectivity index (χ2v) is 7.63. The highest BCUT2D eigenvalue weighted by molar-refractivity contribution is 7.87. The van der Waals surface area contributed by atoms with Crippen molar-refractivity contribution < 1.29 is 17.3 Å². The Morgan fingerprint density at radius 2 is 1.64 bits per heavy atom. The number of nitrogens with zero attached hydrogens (tertiary/aromatic N) is 1. The topological polar surface area (TPSA) is 65.0 Å². The van der Waals surface area contributed by atoms with Crippen LogP contribution in [0.25, 0.3) is 0 Å². The average Bonchev–Trinajstić information content (AvgIpc) is 2.70. The minimum absolute atomic E-state index is 0.0856. The van der Waals surface area contributed by atoms with E-state index in [0.717, 1.165) is 11.3 Å². The van der Waals surface area contributed by atoms with Gasteiger partial charge < -0.3 is 8.92 Å². The van der Waals surface area contributed by atoms with E-state index in [1.54, 1.807) is 42.6 Å². The van der Waals surface area contributed by atoms with Gasteiger partial charge in [0.05, 0.1) is 12.3 Å². The molecule has 0 aromatic heterocycles. The van der Waals surface area contributed by atoms with Gasteiger partial charge in [-0.15, -0.1) is 0 Å². The molecule has 3 rings (SSSR count). The molecule has 0 spiro atoms. The molecule has 0 aliphatic heterocycles. The monoisotopic (exact) mass is 395 g/mol. The third-order valence-corrected chi connectivity index (χ3v) is 5.14. The summed E-state index contributed by atoms with van der Waals surface area (Å²) in [6.07, 6.45) is 1.70. The first kappa shape index (κ1) is 19.6.